The van der Waals surface area contributed by atoms with Gasteiger partial charge in [0.25, 0.3) is 0 Å². The lowest BCUT2D eigenvalue weighted by molar-refractivity contribution is 0.0974. The quantitative estimate of drug-likeness (QED) is 0.644. The summed E-state index contributed by atoms with van der Waals surface area (Å²) >= 11 is 1.39. The Bertz CT molecular complexity index is 837. The van der Waals surface area contributed by atoms with Crippen LogP contribution in [0.1, 0.15) is 47.4 Å². The van der Waals surface area contributed by atoms with Gasteiger partial charge in [-0.2, -0.15) is 5.10 Å². The molecule has 0 fully saturated rings. The number of hydrogen-bond donors (Lipinski definition) is 0. The fraction of sp³-hybridized carbons (Fsp3) is 0.353. The summed E-state index contributed by atoms with van der Waals surface area (Å²) in [6.07, 6.45) is 2.16. The molecule has 0 bridgehead atoms. The van der Waals surface area contributed by atoms with Crippen LogP contribution in [0.2, 0.25) is 0 Å². The summed E-state index contributed by atoms with van der Waals surface area (Å²) in [7, 11) is 0. The second-order valence-electron chi connectivity index (χ2n) is 5.46. The highest BCUT2D eigenvalue weighted by atomic mass is 32.1. The van der Waals surface area contributed by atoms with Crippen LogP contribution in [0.25, 0.3) is 4.83 Å². The lowest BCUT2D eigenvalue weighted by atomic mass is 9.95. The summed E-state index contributed by atoms with van der Waals surface area (Å²) < 4.78 is 7.38. The molecule has 120 valence electrons. The number of hydrogen-bond acceptors (Lipinski definition) is 5. The van der Waals surface area contributed by atoms with E-state index in [1.807, 2.05) is 45.0 Å². The number of para-hydroxylation sites is 1. The van der Waals surface area contributed by atoms with E-state index in [0.717, 1.165) is 22.0 Å². The van der Waals surface area contributed by atoms with Gasteiger partial charge >= 0.3 is 0 Å². The number of carbonyl (C=O) groups is 1. The Morgan fingerprint density at radius 2 is 2.17 bits per heavy atom. The van der Waals surface area contributed by atoms with Gasteiger partial charge in [-0.15, -0.1) is 0 Å². The van der Waals surface area contributed by atoms with E-state index in [-0.39, 0.29) is 11.7 Å². The zero-order valence-corrected chi connectivity index (χ0v) is 14.3. The van der Waals surface area contributed by atoms with Crippen molar-refractivity contribution in [1.29, 1.82) is 0 Å². The van der Waals surface area contributed by atoms with Crippen LogP contribution in [-0.2, 0) is 0 Å². The van der Waals surface area contributed by atoms with Crippen LogP contribution < -0.4 is 4.74 Å². The third-order valence-corrected chi connectivity index (χ3v) is 4.74. The molecule has 1 aromatic carbocycles. The molecular formula is C17H19N3O2S. The van der Waals surface area contributed by atoms with Crippen LogP contribution in [0.15, 0.2) is 30.5 Å². The third-order valence-electron chi connectivity index (χ3n) is 3.75. The minimum absolute atomic E-state index is 0.0527. The first kappa shape index (κ1) is 15.7. The monoisotopic (exact) mass is 329 g/mol. The Kier molecular flexibility index (Phi) is 4.43. The molecule has 0 aliphatic carbocycles. The molecule has 5 nitrogen and oxygen atoms in total. The van der Waals surface area contributed by atoms with Gasteiger partial charge in [0.2, 0.25) is 0 Å². The average molecular weight is 329 g/mol. The number of fused-ring (bicyclic) bond motifs is 1. The van der Waals surface area contributed by atoms with Crippen molar-refractivity contribution in [2.24, 2.45) is 0 Å². The van der Waals surface area contributed by atoms with Crippen molar-refractivity contribution in [1.82, 2.24) is 14.6 Å². The number of nitrogens with zero attached hydrogens (tertiary/aromatic N) is 3. The van der Waals surface area contributed by atoms with Crippen LogP contribution in [0.3, 0.4) is 0 Å². The molecule has 2 aromatic heterocycles. The Balaban J connectivity index is 1.79. The first-order valence-corrected chi connectivity index (χ1v) is 8.48. The van der Waals surface area contributed by atoms with E-state index < -0.39 is 0 Å². The van der Waals surface area contributed by atoms with Crippen LogP contribution in [0.5, 0.6) is 5.75 Å². The molecule has 2 heterocycles. The summed E-state index contributed by atoms with van der Waals surface area (Å²) in [5.74, 6) is 1.78. The van der Waals surface area contributed by atoms with Crippen molar-refractivity contribution >= 4 is 22.0 Å². The molecule has 23 heavy (non-hydrogen) atoms. The molecule has 0 saturated heterocycles. The Labute approximate surface area is 138 Å². The number of imidazole rings is 1. The fourth-order valence-electron chi connectivity index (χ4n) is 2.58. The highest BCUT2D eigenvalue weighted by Gasteiger charge is 2.20. The van der Waals surface area contributed by atoms with Crippen molar-refractivity contribution in [3.8, 4) is 5.75 Å². The maximum absolute atomic E-state index is 12.5. The van der Waals surface area contributed by atoms with Crippen molar-refractivity contribution in [2.45, 2.75) is 33.1 Å². The number of Topliss-reactive ketones (excluding diaryl/α,β-unsaturated/α-hetero) is 1. The summed E-state index contributed by atoms with van der Waals surface area (Å²) in [5.41, 5.74) is 1.06. The zero-order valence-electron chi connectivity index (χ0n) is 13.4. The molecule has 1 unspecified atom stereocenters. The standard InChI is InChI=1S/C17H19N3O2S/c1-4-22-15-8-6-5-7-13(15)11(2)9-14(21)17-19-20-12(3)18-10-16(20)23-17/h5-8,10-11H,4,9H2,1-3H3. The van der Waals surface area contributed by atoms with E-state index in [4.69, 9.17) is 4.74 Å². The number of ketones is 1. The van der Waals surface area contributed by atoms with Gasteiger partial charge in [0.15, 0.2) is 10.8 Å². The molecule has 0 amide bonds. The maximum atomic E-state index is 12.5. The van der Waals surface area contributed by atoms with Gasteiger partial charge in [0, 0.05) is 6.42 Å². The predicted molar refractivity (Wildman–Crippen MR) is 90.6 cm³/mol. The van der Waals surface area contributed by atoms with Crippen LogP contribution in [0, 0.1) is 6.92 Å². The molecule has 0 N–H and O–H groups in total. The molecule has 6 heteroatoms. The number of rotatable bonds is 6. The largest absolute Gasteiger partial charge is 0.494 e. The zero-order chi connectivity index (χ0) is 16.4. The van der Waals surface area contributed by atoms with E-state index in [2.05, 4.69) is 10.1 Å². The Morgan fingerprint density at radius 3 is 2.91 bits per heavy atom. The van der Waals surface area contributed by atoms with Gasteiger partial charge in [0.1, 0.15) is 16.4 Å². The number of ether oxygens (including phenoxy) is 1. The van der Waals surface area contributed by atoms with Gasteiger partial charge in [-0.1, -0.05) is 36.5 Å². The van der Waals surface area contributed by atoms with Crippen LogP contribution in [-0.4, -0.2) is 27.0 Å². The van der Waals surface area contributed by atoms with Crippen molar-refractivity contribution < 1.29 is 9.53 Å². The lowest BCUT2D eigenvalue weighted by Gasteiger charge is -2.15. The number of aryl methyl sites for hydroxylation is 1. The van der Waals surface area contributed by atoms with Gasteiger partial charge in [-0.3, -0.25) is 4.79 Å². The van der Waals surface area contributed by atoms with Crippen molar-refractivity contribution in [3.05, 3.63) is 46.9 Å². The van der Waals surface area contributed by atoms with Crippen LogP contribution >= 0.6 is 11.3 Å². The third kappa shape index (κ3) is 3.12. The molecule has 0 radical (unpaired) electrons. The van der Waals surface area contributed by atoms with E-state index in [9.17, 15) is 4.79 Å². The first-order valence-electron chi connectivity index (χ1n) is 7.66. The molecule has 0 aliphatic heterocycles. The van der Waals surface area contributed by atoms with Gasteiger partial charge in [0.05, 0.1) is 12.8 Å². The van der Waals surface area contributed by atoms with Crippen LogP contribution in [0.4, 0.5) is 0 Å². The predicted octanol–water partition coefficient (Wildman–Crippen LogP) is 3.87. The summed E-state index contributed by atoms with van der Waals surface area (Å²) in [4.78, 5) is 17.6. The highest BCUT2D eigenvalue weighted by molar-refractivity contribution is 7.18. The summed E-state index contributed by atoms with van der Waals surface area (Å²) in [6, 6.07) is 7.89. The van der Waals surface area contributed by atoms with Crippen molar-refractivity contribution in [3.63, 3.8) is 0 Å². The fourth-order valence-corrected chi connectivity index (χ4v) is 3.46. The van der Waals surface area contributed by atoms with Gasteiger partial charge in [-0.05, 0) is 31.4 Å². The van der Waals surface area contributed by atoms with E-state index >= 15 is 0 Å². The second-order valence-corrected chi connectivity index (χ2v) is 6.47. The topological polar surface area (TPSA) is 56.5 Å². The maximum Gasteiger partial charge on any atom is 0.193 e. The minimum atomic E-state index is 0.0527. The molecule has 3 aromatic rings. The Hall–Kier alpha value is -2.21. The average Bonchev–Trinajstić information content (AvgIpc) is 3.11. The van der Waals surface area contributed by atoms with E-state index in [0.29, 0.717) is 18.0 Å². The molecule has 0 saturated carbocycles. The second kappa shape index (κ2) is 6.50. The normalized spacial score (nSPS) is 12.5. The van der Waals surface area contributed by atoms with E-state index in [1.165, 1.54) is 11.3 Å². The number of carbonyl (C=O) groups excluding carboxylic acids is 1. The first-order chi connectivity index (χ1) is 11.1. The number of aromatic nitrogens is 3. The van der Waals surface area contributed by atoms with Gasteiger partial charge in [-0.25, -0.2) is 9.50 Å². The molecule has 1 atom stereocenters. The SMILES string of the molecule is CCOc1ccccc1C(C)CC(=O)c1nn2c(C)ncc2s1. The highest BCUT2D eigenvalue weighted by Crippen LogP contribution is 2.30. The summed E-state index contributed by atoms with van der Waals surface area (Å²) in [5, 5.41) is 4.90. The molecular weight excluding hydrogens is 310 g/mol. The minimum Gasteiger partial charge on any atom is -0.494 e. The molecule has 0 aliphatic rings. The van der Waals surface area contributed by atoms with E-state index in [1.54, 1.807) is 10.7 Å². The van der Waals surface area contributed by atoms with Crippen molar-refractivity contribution in [2.75, 3.05) is 6.61 Å². The molecule has 3 rings (SSSR count). The lowest BCUT2D eigenvalue weighted by Crippen LogP contribution is -2.07. The summed E-state index contributed by atoms with van der Waals surface area (Å²) in [6.45, 7) is 6.49. The van der Waals surface area contributed by atoms with Gasteiger partial charge < -0.3 is 4.74 Å². The smallest absolute Gasteiger partial charge is 0.193 e. The molecule has 0 spiro atoms. The number of benzene rings is 1. The Morgan fingerprint density at radius 1 is 1.39 bits per heavy atom.